The Morgan fingerprint density at radius 1 is 1.08 bits per heavy atom. The van der Waals surface area contributed by atoms with E-state index in [9.17, 15) is 4.79 Å². The highest BCUT2D eigenvalue weighted by atomic mass is 32.1. The molecule has 0 aliphatic rings. The van der Waals surface area contributed by atoms with Crippen LogP contribution in [-0.2, 0) is 11.3 Å². The van der Waals surface area contributed by atoms with Crippen molar-refractivity contribution < 1.29 is 9.53 Å². The molecule has 2 aromatic rings. The van der Waals surface area contributed by atoms with E-state index in [0.29, 0.717) is 17.2 Å². The third kappa shape index (κ3) is 5.66. The van der Waals surface area contributed by atoms with Crippen molar-refractivity contribution in [3.8, 4) is 0 Å². The van der Waals surface area contributed by atoms with Gasteiger partial charge in [-0.2, -0.15) is 0 Å². The molecule has 0 fully saturated rings. The molecule has 0 spiro atoms. The average molecular weight is 342 g/mol. The van der Waals surface area contributed by atoms with Crippen molar-refractivity contribution in [2.45, 2.75) is 33.4 Å². The Balaban J connectivity index is 1.85. The van der Waals surface area contributed by atoms with Crippen molar-refractivity contribution in [3.63, 3.8) is 0 Å². The van der Waals surface area contributed by atoms with E-state index in [4.69, 9.17) is 17.0 Å². The molecule has 0 aliphatic carbocycles. The van der Waals surface area contributed by atoms with Gasteiger partial charge in [-0.15, -0.1) is 0 Å². The summed E-state index contributed by atoms with van der Waals surface area (Å²) in [6.07, 6.45) is -0.131. The highest BCUT2D eigenvalue weighted by molar-refractivity contribution is 7.80. The Kier molecular flexibility index (Phi) is 6.32. The molecule has 0 aromatic heterocycles. The number of ether oxygens (including phenoxy) is 1. The fraction of sp³-hybridized carbons (Fsp3) is 0.263. The van der Waals surface area contributed by atoms with Gasteiger partial charge in [-0.1, -0.05) is 29.8 Å². The fourth-order valence-electron chi connectivity index (χ4n) is 2.04. The minimum Gasteiger partial charge on any atom is -0.459 e. The van der Waals surface area contributed by atoms with Gasteiger partial charge >= 0.3 is 5.97 Å². The number of rotatable bonds is 5. The van der Waals surface area contributed by atoms with Crippen LogP contribution in [0.4, 0.5) is 5.69 Å². The van der Waals surface area contributed by atoms with Gasteiger partial charge in [0.25, 0.3) is 0 Å². The molecule has 0 radical (unpaired) electrons. The summed E-state index contributed by atoms with van der Waals surface area (Å²) in [6.45, 7) is 6.37. The van der Waals surface area contributed by atoms with E-state index in [1.807, 2.05) is 13.8 Å². The summed E-state index contributed by atoms with van der Waals surface area (Å²) < 4.78 is 5.16. The molecule has 0 bridgehead atoms. The van der Waals surface area contributed by atoms with Crippen LogP contribution in [0.1, 0.15) is 35.3 Å². The van der Waals surface area contributed by atoms with Gasteiger partial charge in [0.05, 0.1) is 11.7 Å². The topological polar surface area (TPSA) is 50.4 Å². The summed E-state index contributed by atoms with van der Waals surface area (Å²) >= 11 is 5.29. The van der Waals surface area contributed by atoms with Crippen LogP contribution in [0.25, 0.3) is 0 Å². The zero-order valence-corrected chi connectivity index (χ0v) is 14.9. The maximum absolute atomic E-state index is 11.8. The first kappa shape index (κ1) is 17.9. The Morgan fingerprint density at radius 2 is 1.71 bits per heavy atom. The second kappa shape index (κ2) is 8.45. The van der Waals surface area contributed by atoms with Crippen LogP contribution in [0.5, 0.6) is 0 Å². The monoisotopic (exact) mass is 342 g/mol. The minimum absolute atomic E-state index is 0.131. The van der Waals surface area contributed by atoms with Gasteiger partial charge in [0, 0.05) is 12.2 Å². The molecule has 0 heterocycles. The van der Waals surface area contributed by atoms with Gasteiger partial charge in [0.1, 0.15) is 0 Å². The van der Waals surface area contributed by atoms with E-state index >= 15 is 0 Å². The fourth-order valence-corrected chi connectivity index (χ4v) is 2.23. The molecule has 4 nitrogen and oxygen atoms in total. The zero-order chi connectivity index (χ0) is 17.5. The molecule has 2 N–H and O–H groups in total. The first-order chi connectivity index (χ1) is 11.4. The van der Waals surface area contributed by atoms with Crippen LogP contribution in [0.2, 0.25) is 0 Å². The van der Waals surface area contributed by atoms with Gasteiger partial charge in [-0.3, -0.25) is 0 Å². The molecule has 2 aromatic carbocycles. The molecular formula is C19H22N2O2S. The lowest BCUT2D eigenvalue weighted by atomic mass is 10.1. The number of anilines is 1. The molecule has 0 saturated carbocycles. The van der Waals surface area contributed by atoms with E-state index in [-0.39, 0.29) is 12.1 Å². The molecule has 5 heteroatoms. The summed E-state index contributed by atoms with van der Waals surface area (Å²) in [6, 6.07) is 15.3. The standard InChI is InChI=1S/C19H22N2O2S/c1-13(2)23-18(22)16-8-10-17(11-9-16)21-19(24)20-12-15-6-4-14(3)5-7-15/h4-11,13H,12H2,1-3H3,(H2,20,21,24). The third-order valence-electron chi connectivity index (χ3n) is 3.29. The van der Waals surface area contributed by atoms with E-state index < -0.39 is 0 Å². The first-order valence-corrected chi connectivity index (χ1v) is 8.26. The second-order valence-electron chi connectivity index (χ2n) is 5.82. The normalized spacial score (nSPS) is 10.3. The third-order valence-corrected chi connectivity index (χ3v) is 3.54. The molecule has 0 aliphatic heterocycles. The lowest BCUT2D eigenvalue weighted by molar-refractivity contribution is 0.0378. The van der Waals surface area contributed by atoms with Crippen LogP contribution >= 0.6 is 12.2 Å². The van der Waals surface area contributed by atoms with E-state index in [0.717, 1.165) is 11.3 Å². The summed E-state index contributed by atoms with van der Waals surface area (Å²) in [5, 5.41) is 6.79. The van der Waals surface area contributed by atoms with Crippen LogP contribution in [0, 0.1) is 6.92 Å². The van der Waals surface area contributed by atoms with Crippen molar-refractivity contribution in [2.24, 2.45) is 0 Å². The lowest BCUT2D eigenvalue weighted by Gasteiger charge is -2.12. The molecular weight excluding hydrogens is 320 g/mol. The predicted octanol–water partition coefficient (Wildman–Crippen LogP) is 4.05. The van der Waals surface area contributed by atoms with Gasteiger partial charge < -0.3 is 15.4 Å². The Bertz CT molecular complexity index is 694. The predicted molar refractivity (Wildman–Crippen MR) is 101 cm³/mol. The molecule has 126 valence electrons. The highest BCUT2D eigenvalue weighted by Gasteiger charge is 2.08. The number of thiocarbonyl (C=S) groups is 1. The lowest BCUT2D eigenvalue weighted by Crippen LogP contribution is -2.27. The van der Waals surface area contributed by atoms with Crippen molar-refractivity contribution in [1.29, 1.82) is 0 Å². The number of carbonyl (C=O) groups excluding carboxylic acids is 1. The summed E-state index contributed by atoms with van der Waals surface area (Å²) in [7, 11) is 0. The molecule has 0 saturated heterocycles. The second-order valence-corrected chi connectivity index (χ2v) is 6.23. The number of nitrogens with one attached hydrogen (secondary N) is 2. The Labute approximate surface area is 148 Å². The highest BCUT2D eigenvalue weighted by Crippen LogP contribution is 2.11. The molecule has 2 rings (SSSR count). The van der Waals surface area contributed by atoms with E-state index in [2.05, 4.69) is 41.8 Å². The van der Waals surface area contributed by atoms with Crippen molar-refractivity contribution in [1.82, 2.24) is 5.32 Å². The zero-order valence-electron chi connectivity index (χ0n) is 14.1. The maximum Gasteiger partial charge on any atom is 0.338 e. The molecule has 24 heavy (non-hydrogen) atoms. The minimum atomic E-state index is -0.323. The average Bonchev–Trinajstić information content (AvgIpc) is 2.54. The summed E-state index contributed by atoms with van der Waals surface area (Å²) in [5.74, 6) is -0.323. The molecule has 0 amide bonds. The van der Waals surface area contributed by atoms with Crippen molar-refractivity contribution >= 4 is 29.0 Å². The van der Waals surface area contributed by atoms with Crippen LogP contribution in [-0.4, -0.2) is 17.2 Å². The number of hydrogen-bond acceptors (Lipinski definition) is 3. The van der Waals surface area contributed by atoms with Gasteiger partial charge in [0.2, 0.25) is 0 Å². The SMILES string of the molecule is Cc1ccc(CNC(=S)Nc2ccc(C(=O)OC(C)C)cc2)cc1. The Morgan fingerprint density at radius 3 is 2.29 bits per heavy atom. The van der Waals surface area contributed by atoms with Gasteiger partial charge in [-0.05, 0) is 62.8 Å². The number of carbonyl (C=O) groups is 1. The van der Waals surface area contributed by atoms with Crippen LogP contribution in [0.15, 0.2) is 48.5 Å². The number of hydrogen-bond donors (Lipinski definition) is 2. The van der Waals surface area contributed by atoms with Crippen molar-refractivity contribution in [3.05, 3.63) is 65.2 Å². The van der Waals surface area contributed by atoms with Gasteiger partial charge in [-0.25, -0.2) is 4.79 Å². The quantitative estimate of drug-likeness (QED) is 0.634. The van der Waals surface area contributed by atoms with E-state index in [1.165, 1.54) is 5.56 Å². The smallest absolute Gasteiger partial charge is 0.338 e. The summed E-state index contributed by atoms with van der Waals surface area (Å²) in [4.78, 5) is 11.8. The van der Waals surface area contributed by atoms with Crippen LogP contribution in [0.3, 0.4) is 0 Å². The number of aryl methyl sites for hydroxylation is 1. The van der Waals surface area contributed by atoms with Gasteiger partial charge in [0.15, 0.2) is 5.11 Å². The largest absolute Gasteiger partial charge is 0.459 e. The van der Waals surface area contributed by atoms with E-state index in [1.54, 1.807) is 24.3 Å². The summed E-state index contributed by atoms with van der Waals surface area (Å²) in [5.41, 5.74) is 3.73. The molecule has 0 unspecified atom stereocenters. The first-order valence-electron chi connectivity index (χ1n) is 7.85. The van der Waals surface area contributed by atoms with Crippen LogP contribution < -0.4 is 10.6 Å². The number of esters is 1. The maximum atomic E-state index is 11.8. The number of benzene rings is 2. The molecule has 0 atom stereocenters. The Hall–Kier alpha value is -2.40. The van der Waals surface area contributed by atoms with Crippen molar-refractivity contribution in [2.75, 3.05) is 5.32 Å².